The van der Waals surface area contributed by atoms with Gasteiger partial charge in [0.25, 0.3) is 5.91 Å². The maximum absolute atomic E-state index is 12.5. The van der Waals surface area contributed by atoms with Crippen LogP contribution in [0.3, 0.4) is 0 Å². The van der Waals surface area contributed by atoms with Gasteiger partial charge in [-0.25, -0.2) is 0 Å². The number of carbonyl (C=O) groups is 2. The summed E-state index contributed by atoms with van der Waals surface area (Å²) in [5.74, 6) is -0.213. The Morgan fingerprint density at radius 1 is 1.04 bits per heavy atom. The van der Waals surface area contributed by atoms with E-state index in [-0.39, 0.29) is 11.7 Å². The van der Waals surface area contributed by atoms with Gasteiger partial charge in [-0.15, -0.1) is 11.3 Å². The number of benzene rings is 2. The van der Waals surface area contributed by atoms with Crippen molar-refractivity contribution in [3.05, 3.63) is 74.9 Å². The van der Waals surface area contributed by atoms with Gasteiger partial charge in [-0.2, -0.15) is 0 Å². The van der Waals surface area contributed by atoms with Crippen LogP contribution in [0.4, 0.5) is 5.69 Å². The first kappa shape index (κ1) is 16.1. The first-order valence-corrected chi connectivity index (χ1v) is 9.20. The molecule has 0 saturated heterocycles. The highest BCUT2D eigenvalue weighted by molar-refractivity contribution is 7.12. The molecule has 0 radical (unpaired) electrons. The highest BCUT2D eigenvalue weighted by Gasteiger charge is 2.27. The first-order valence-electron chi connectivity index (χ1n) is 7.94. The summed E-state index contributed by atoms with van der Waals surface area (Å²) in [7, 11) is 0. The van der Waals surface area contributed by atoms with Gasteiger partial charge in [-0.3, -0.25) is 9.59 Å². The molecule has 1 aliphatic rings. The van der Waals surface area contributed by atoms with Crippen LogP contribution >= 0.6 is 22.9 Å². The molecule has 1 amide bonds. The molecule has 5 heteroatoms. The minimum Gasteiger partial charge on any atom is -0.321 e. The molecule has 4 rings (SSSR count). The molecule has 0 saturated carbocycles. The Labute approximate surface area is 154 Å². The average molecular weight is 368 g/mol. The first-order chi connectivity index (χ1) is 12.1. The zero-order chi connectivity index (χ0) is 17.4. The third-order valence-electron chi connectivity index (χ3n) is 4.35. The number of ketones is 1. The van der Waals surface area contributed by atoms with E-state index in [9.17, 15) is 9.59 Å². The second-order valence-corrected chi connectivity index (χ2v) is 7.18. The second-order valence-electron chi connectivity index (χ2n) is 5.86. The minimum absolute atomic E-state index is 0.0698. The molecule has 0 fully saturated rings. The fourth-order valence-corrected chi connectivity index (χ4v) is 4.25. The van der Waals surface area contributed by atoms with Crippen molar-refractivity contribution in [3.63, 3.8) is 0 Å². The van der Waals surface area contributed by atoms with Gasteiger partial charge in [0, 0.05) is 12.0 Å². The molecular formula is C20H14ClNO2S. The number of Topliss-reactive ketones (excluding diaryl/α,β-unsaturated/α-hetero) is 1. The minimum atomic E-state index is -0.283. The van der Waals surface area contributed by atoms with Gasteiger partial charge < -0.3 is 5.32 Å². The van der Waals surface area contributed by atoms with E-state index in [0.29, 0.717) is 34.0 Å². The number of anilines is 1. The molecule has 1 N–H and O–H groups in total. The number of carbonyl (C=O) groups excluding carboxylic acids is 2. The van der Waals surface area contributed by atoms with E-state index in [1.54, 1.807) is 11.4 Å². The monoisotopic (exact) mass is 367 g/mol. The summed E-state index contributed by atoms with van der Waals surface area (Å²) < 4.78 is 0. The number of hydrogen-bond acceptors (Lipinski definition) is 3. The van der Waals surface area contributed by atoms with Crippen LogP contribution in [0, 0.1) is 0 Å². The Bertz CT molecular complexity index is 979. The molecule has 1 heterocycles. The molecule has 2 aromatic carbocycles. The molecule has 25 heavy (non-hydrogen) atoms. The maximum atomic E-state index is 12.5. The van der Waals surface area contributed by atoms with Crippen molar-refractivity contribution in [1.29, 1.82) is 0 Å². The summed E-state index contributed by atoms with van der Waals surface area (Å²) in [6.45, 7) is 0. The van der Waals surface area contributed by atoms with E-state index in [1.807, 2.05) is 42.5 Å². The molecule has 1 aliphatic carbocycles. The number of nitrogens with one attached hydrogen (secondary N) is 1. The molecule has 1 aromatic heterocycles. The summed E-state index contributed by atoms with van der Waals surface area (Å²) in [5.41, 5.74) is 4.32. The highest BCUT2D eigenvalue weighted by atomic mass is 35.5. The van der Waals surface area contributed by atoms with Gasteiger partial charge in [0.05, 0.1) is 10.7 Å². The number of fused-ring (bicyclic) bond motifs is 1. The number of amides is 1. The predicted octanol–water partition coefficient (Wildman–Crippen LogP) is 5.45. The molecule has 0 unspecified atom stereocenters. The van der Waals surface area contributed by atoms with Crippen LogP contribution < -0.4 is 5.32 Å². The molecular weight excluding hydrogens is 354 g/mol. The van der Waals surface area contributed by atoms with Crippen LogP contribution in [0.2, 0.25) is 5.02 Å². The smallest absolute Gasteiger partial charge is 0.267 e. The summed E-state index contributed by atoms with van der Waals surface area (Å²) in [6, 6.07) is 15.5. The van der Waals surface area contributed by atoms with Crippen molar-refractivity contribution in [2.24, 2.45) is 0 Å². The summed E-state index contributed by atoms with van der Waals surface area (Å²) in [6.07, 6.45) is 1.17. The summed E-state index contributed by atoms with van der Waals surface area (Å²) >= 11 is 7.32. The van der Waals surface area contributed by atoms with Crippen LogP contribution in [0.1, 0.15) is 32.0 Å². The maximum Gasteiger partial charge on any atom is 0.267 e. The lowest BCUT2D eigenvalue weighted by molar-refractivity contribution is 0.0995. The fraction of sp³-hybridized carbons (Fsp3) is 0.100. The molecule has 0 atom stereocenters. The number of hydrogen-bond donors (Lipinski definition) is 1. The number of halogens is 1. The number of thiophene rings is 1. The zero-order valence-corrected chi connectivity index (χ0v) is 14.8. The van der Waals surface area contributed by atoms with Crippen LogP contribution in [0.25, 0.3) is 11.1 Å². The third kappa shape index (κ3) is 2.88. The summed E-state index contributed by atoms with van der Waals surface area (Å²) in [5, 5.41) is 5.05. The van der Waals surface area contributed by atoms with Gasteiger partial charge in [0.1, 0.15) is 4.88 Å². The Balaban J connectivity index is 1.76. The zero-order valence-electron chi connectivity index (χ0n) is 13.2. The topological polar surface area (TPSA) is 46.2 Å². The van der Waals surface area contributed by atoms with Crippen LogP contribution in [0.5, 0.6) is 0 Å². The average Bonchev–Trinajstić information content (AvgIpc) is 3.22. The van der Waals surface area contributed by atoms with Crippen molar-refractivity contribution in [1.82, 2.24) is 0 Å². The quantitative estimate of drug-likeness (QED) is 0.669. The SMILES string of the molecule is O=C(Nc1ccc(-c2ccccc2)c2c1C(=O)CC2)c1sccc1Cl. The number of rotatable bonds is 3. The Morgan fingerprint density at radius 2 is 1.84 bits per heavy atom. The van der Waals surface area contributed by atoms with Crippen molar-refractivity contribution in [2.75, 3.05) is 5.32 Å². The van der Waals surface area contributed by atoms with E-state index in [0.717, 1.165) is 16.7 Å². The lowest BCUT2D eigenvalue weighted by atomic mass is 9.95. The highest BCUT2D eigenvalue weighted by Crippen LogP contribution is 2.37. The van der Waals surface area contributed by atoms with E-state index >= 15 is 0 Å². The van der Waals surface area contributed by atoms with Crippen molar-refractivity contribution in [3.8, 4) is 11.1 Å². The molecule has 0 spiro atoms. The van der Waals surface area contributed by atoms with Gasteiger partial charge in [0.15, 0.2) is 5.78 Å². The third-order valence-corrected chi connectivity index (χ3v) is 5.69. The largest absolute Gasteiger partial charge is 0.321 e. The van der Waals surface area contributed by atoms with Crippen molar-refractivity contribution >= 4 is 40.3 Å². The predicted molar refractivity (Wildman–Crippen MR) is 102 cm³/mol. The van der Waals surface area contributed by atoms with Gasteiger partial charge in [-0.05, 0) is 40.6 Å². The van der Waals surface area contributed by atoms with E-state index in [1.165, 1.54) is 11.3 Å². The Kier molecular flexibility index (Phi) is 4.15. The van der Waals surface area contributed by atoms with Gasteiger partial charge in [-0.1, -0.05) is 48.0 Å². The molecule has 3 nitrogen and oxygen atoms in total. The van der Waals surface area contributed by atoms with E-state index in [2.05, 4.69) is 5.32 Å². The van der Waals surface area contributed by atoms with Crippen molar-refractivity contribution in [2.45, 2.75) is 12.8 Å². The summed E-state index contributed by atoms with van der Waals surface area (Å²) in [4.78, 5) is 25.3. The van der Waals surface area contributed by atoms with Gasteiger partial charge >= 0.3 is 0 Å². The lowest BCUT2D eigenvalue weighted by Crippen LogP contribution is -2.13. The Morgan fingerprint density at radius 3 is 2.56 bits per heavy atom. The molecule has 0 bridgehead atoms. The molecule has 124 valence electrons. The fourth-order valence-electron chi connectivity index (χ4n) is 3.22. The normalized spacial score (nSPS) is 12.9. The van der Waals surface area contributed by atoms with Gasteiger partial charge in [0.2, 0.25) is 0 Å². The lowest BCUT2D eigenvalue weighted by Gasteiger charge is -2.13. The molecule has 3 aromatic rings. The second kappa shape index (κ2) is 6.47. The van der Waals surface area contributed by atoms with Crippen molar-refractivity contribution < 1.29 is 9.59 Å². The van der Waals surface area contributed by atoms with Crippen LogP contribution in [0.15, 0.2) is 53.9 Å². The van der Waals surface area contributed by atoms with E-state index < -0.39 is 0 Å². The molecule has 0 aliphatic heterocycles. The standard InChI is InChI=1S/C20H14ClNO2S/c21-15-10-11-25-19(15)20(24)22-16-8-6-13(12-4-2-1-3-5-12)14-7-9-17(23)18(14)16/h1-6,8,10-11H,7,9H2,(H,22,24). The Hall–Kier alpha value is -2.43. The van der Waals surface area contributed by atoms with E-state index in [4.69, 9.17) is 11.6 Å². The van der Waals surface area contributed by atoms with Crippen LogP contribution in [-0.2, 0) is 6.42 Å². The van der Waals surface area contributed by atoms with Crippen LogP contribution in [-0.4, -0.2) is 11.7 Å².